The van der Waals surface area contributed by atoms with Crippen LogP contribution in [0.2, 0.25) is 0 Å². The normalized spacial score (nSPS) is 11.5. The van der Waals surface area contributed by atoms with E-state index >= 15 is 0 Å². The van der Waals surface area contributed by atoms with Gasteiger partial charge in [0.2, 0.25) is 0 Å². The van der Waals surface area contributed by atoms with E-state index in [1.165, 1.54) is 0 Å². The summed E-state index contributed by atoms with van der Waals surface area (Å²) in [5, 5.41) is 7.43. The Morgan fingerprint density at radius 2 is 2.15 bits per heavy atom. The van der Waals surface area contributed by atoms with Gasteiger partial charge in [-0.05, 0) is 44.1 Å². The maximum absolute atomic E-state index is 7.43. The van der Waals surface area contributed by atoms with E-state index in [2.05, 4.69) is 4.98 Å². The zero-order chi connectivity index (χ0) is 9.84. The van der Waals surface area contributed by atoms with Gasteiger partial charge in [-0.2, -0.15) is 0 Å². The van der Waals surface area contributed by atoms with Crippen molar-refractivity contribution in [3.8, 4) is 0 Å². The van der Waals surface area contributed by atoms with E-state index in [1.807, 2.05) is 32.1 Å². The van der Waals surface area contributed by atoms with Crippen LogP contribution in [0, 0.1) is 12.3 Å². The highest BCUT2D eigenvalue weighted by Crippen LogP contribution is 2.09. The molecule has 1 heterocycles. The molecule has 0 fully saturated rings. The van der Waals surface area contributed by atoms with Crippen LogP contribution in [-0.4, -0.2) is 10.7 Å². The van der Waals surface area contributed by atoms with Gasteiger partial charge in [-0.15, -0.1) is 0 Å². The van der Waals surface area contributed by atoms with Gasteiger partial charge in [-0.3, -0.25) is 4.98 Å². The highest BCUT2D eigenvalue weighted by Gasteiger charge is 1.96. The Balaban J connectivity index is 3.04. The van der Waals surface area contributed by atoms with Crippen molar-refractivity contribution < 1.29 is 0 Å². The first kappa shape index (κ1) is 9.65. The largest absolute Gasteiger partial charge is 0.305 e. The number of aromatic nitrogens is 1. The van der Waals surface area contributed by atoms with E-state index in [-0.39, 0.29) is 0 Å². The van der Waals surface area contributed by atoms with Crippen molar-refractivity contribution in [3.05, 3.63) is 35.2 Å². The molecule has 2 heteroatoms. The van der Waals surface area contributed by atoms with Crippen molar-refractivity contribution >= 4 is 11.8 Å². The highest BCUT2D eigenvalue weighted by atomic mass is 14.7. The predicted octanol–water partition coefficient (Wildman–Crippen LogP) is 2.83. The van der Waals surface area contributed by atoms with E-state index < -0.39 is 0 Å². The van der Waals surface area contributed by atoms with Crippen molar-refractivity contribution in [1.82, 2.24) is 4.98 Å². The van der Waals surface area contributed by atoms with Gasteiger partial charge in [-0.25, -0.2) is 0 Å². The molecule has 0 atom stereocenters. The molecule has 0 saturated carbocycles. The molecule has 0 spiro atoms. The van der Waals surface area contributed by atoms with Crippen LogP contribution in [0.25, 0.3) is 6.08 Å². The summed E-state index contributed by atoms with van der Waals surface area (Å²) in [6.45, 7) is 5.70. The molecule has 0 aliphatic carbocycles. The van der Waals surface area contributed by atoms with E-state index in [4.69, 9.17) is 5.41 Å². The van der Waals surface area contributed by atoms with Crippen molar-refractivity contribution in [1.29, 1.82) is 5.41 Å². The topological polar surface area (TPSA) is 36.7 Å². The monoisotopic (exact) mass is 174 g/mol. The molecular weight excluding hydrogens is 160 g/mol. The minimum absolute atomic E-state index is 0.600. The lowest BCUT2D eigenvalue weighted by atomic mass is 10.1. The summed E-state index contributed by atoms with van der Waals surface area (Å²) in [5.41, 5.74) is 3.68. The zero-order valence-corrected chi connectivity index (χ0v) is 8.26. The first-order chi connectivity index (χ1) is 6.11. The Labute approximate surface area is 78.8 Å². The van der Waals surface area contributed by atoms with E-state index in [9.17, 15) is 0 Å². The van der Waals surface area contributed by atoms with Gasteiger partial charge in [-0.1, -0.05) is 6.07 Å². The van der Waals surface area contributed by atoms with Gasteiger partial charge < -0.3 is 5.41 Å². The average Bonchev–Trinajstić information content (AvgIpc) is 2.08. The van der Waals surface area contributed by atoms with Crippen molar-refractivity contribution in [2.45, 2.75) is 20.8 Å². The molecule has 0 saturated heterocycles. The Morgan fingerprint density at radius 3 is 2.69 bits per heavy atom. The molecule has 1 N–H and O–H groups in total. The molecule has 0 unspecified atom stereocenters. The van der Waals surface area contributed by atoms with Crippen LogP contribution in [0.5, 0.6) is 0 Å². The molecular formula is C11H14N2. The van der Waals surface area contributed by atoms with Crippen LogP contribution in [-0.2, 0) is 0 Å². The molecule has 13 heavy (non-hydrogen) atoms. The highest BCUT2D eigenvalue weighted by molar-refractivity contribution is 5.99. The van der Waals surface area contributed by atoms with E-state index in [1.54, 1.807) is 13.1 Å². The van der Waals surface area contributed by atoms with Crippen molar-refractivity contribution in [2.24, 2.45) is 0 Å². The Morgan fingerprint density at radius 1 is 1.46 bits per heavy atom. The molecule has 2 nitrogen and oxygen atoms in total. The second-order valence-electron chi connectivity index (χ2n) is 3.13. The summed E-state index contributed by atoms with van der Waals surface area (Å²) in [6.07, 6.45) is 3.77. The minimum Gasteiger partial charge on any atom is -0.305 e. The smallest absolute Gasteiger partial charge is 0.0444 e. The molecule has 1 aromatic heterocycles. The van der Waals surface area contributed by atoms with Crippen LogP contribution in [0.1, 0.15) is 25.1 Å². The fourth-order valence-electron chi connectivity index (χ4n) is 0.991. The Hall–Kier alpha value is -1.44. The lowest BCUT2D eigenvalue weighted by Gasteiger charge is -2.00. The lowest BCUT2D eigenvalue weighted by Crippen LogP contribution is -1.91. The molecule has 0 aliphatic heterocycles. The number of allylic oxidation sites excluding steroid dienone is 1. The Kier molecular flexibility index (Phi) is 2.96. The summed E-state index contributed by atoms with van der Waals surface area (Å²) in [7, 11) is 0. The summed E-state index contributed by atoms with van der Waals surface area (Å²) >= 11 is 0. The molecule has 1 rings (SSSR count). The first-order valence-corrected chi connectivity index (χ1v) is 4.26. The van der Waals surface area contributed by atoms with Crippen LogP contribution >= 0.6 is 0 Å². The van der Waals surface area contributed by atoms with Crippen LogP contribution in [0.15, 0.2) is 23.9 Å². The summed E-state index contributed by atoms with van der Waals surface area (Å²) in [4.78, 5) is 4.18. The first-order valence-electron chi connectivity index (χ1n) is 4.26. The molecule has 0 amide bonds. The van der Waals surface area contributed by atoms with Gasteiger partial charge >= 0.3 is 0 Å². The number of hydrogen-bond donors (Lipinski definition) is 1. The second-order valence-corrected chi connectivity index (χ2v) is 3.13. The lowest BCUT2D eigenvalue weighted by molar-refractivity contribution is 1.19. The van der Waals surface area contributed by atoms with Crippen molar-refractivity contribution in [3.63, 3.8) is 0 Å². The molecule has 0 radical (unpaired) electrons. The number of nitrogens with one attached hydrogen (secondary N) is 1. The van der Waals surface area contributed by atoms with Gasteiger partial charge in [0.25, 0.3) is 0 Å². The number of aryl methyl sites for hydroxylation is 1. The average molecular weight is 174 g/mol. The third-order valence-corrected chi connectivity index (χ3v) is 2.01. The summed E-state index contributed by atoms with van der Waals surface area (Å²) in [5.74, 6) is 0. The fourth-order valence-corrected chi connectivity index (χ4v) is 0.991. The SMILES string of the molecule is CC(=N)/C(C)=C/c1cccnc1C. The van der Waals surface area contributed by atoms with Gasteiger partial charge in [0.15, 0.2) is 0 Å². The van der Waals surface area contributed by atoms with Gasteiger partial charge in [0.1, 0.15) is 0 Å². The van der Waals surface area contributed by atoms with Gasteiger partial charge in [0, 0.05) is 17.6 Å². The van der Waals surface area contributed by atoms with Gasteiger partial charge in [0.05, 0.1) is 0 Å². The molecule has 68 valence electrons. The number of pyridine rings is 1. The third kappa shape index (κ3) is 2.51. The molecule has 0 aromatic carbocycles. The quantitative estimate of drug-likeness (QED) is 0.688. The fraction of sp³-hybridized carbons (Fsp3) is 0.273. The zero-order valence-electron chi connectivity index (χ0n) is 8.26. The maximum Gasteiger partial charge on any atom is 0.0444 e. The van der Waals surface area contributed by atoms with Crippen LogP contribution in [0.4, 0.5) is 0 Å². The van der Waals surface area contributed by atoms with E-state index in [0.29, 0.717) is 5.71 Å². The van der Waals surface area contributed by atoms with Crippen LogP contribution in [0.3, 0.4) is 0 Å². The predicted molar refractivity (Wildman–Crippen MR) is 56.0 cm³/mol. The standard InChI is InChI=1S/C11H14N2/c1-8(9(2)12)7-11-5-4-6-13-10(11)3/h4-7,12H,1-3H3/b8-7+,12-9?. The molecule has 1 aromatic rings. The van der Waals surface area contributed by atoms with Crippen LogP contribution < -0.4 is 0 Å². The minimum atomic E-state index is 0.600. The second kappa shape index (κ2) is 3.99. The van der Waals surface area contributed by atoms with Crippen molar-refractivity contribution in [2.75, 3.05) is 0 Å². The molecule has 0 aliphatic rings. The maximum atomic E-state index is 7.43. The number of hydrogen-bond acceptors (Lipinski definition) is 2. The summed E-state index contributed by atoms with van der Waals surface area (Å²) < 4.78 is 0. The third-order valence-electron chi connectivity index (χ3n) is 2.01. The van der Waals surface area contributed by atoms with E-state index in [0.717, 1.165) is 16.8 Å². The summed E-state index contributed by atoms with van der Waals surface area (Å²) in [6, 6.07) is 3.92. The molecule has 0 bridgehead atoms. The number of nitrogens with zero attached hydrogens (tertiary/aromatic N) is 1. The number of rotatable bonds is 2. The Bertz CT molecular complexity index is 351.